The number of aryl methyl sites for hydroxylation is 2. The molecule has 12 heteroatoms. The highest BCUT2D eigenvalue weighted by molar-refractivity contribution is 6.11. The Morgan fingerprint density at radius 3 is 2.78 bits per heavy atom. The number of aromatic carboxylic acids is 1. The van der Waals surface area contributed by atoms with Crippen LogP contribution in [0.2, 0.25) is 0 Å². The zero-order valence-corrected chi connectivity index (χ0v) is 19.6. The molecule has 0 aliphatic carbocycles. The number of carbonyl (C=O) groups is 1. The highest BCUT2D eigenvalue weighted by Gasteiger charge is 2.35. The molecular formula is C24H23FN8O3. The van der Waals surface area contributed by atoms with E-state index in [1.54, 1.807) is 30.2 Å². The van der Waals surface area contributed by atoms with E-state index in [9.17, 15) is 9.90 Å². The van der Waals surface area contributed by atoms with E-state index in [0.717, 1.165) is 17.0 Å². The Kier molecular flexibility index (Phi) is 5.25. The number of nitrogens with one attached hydrogen (secondary N) is 1. The Bertz CT molecular complexity index is 1600. The smallest absolute Gasteiger partial charge is 0.356 e. The summed E-state index contributed by atoms with van der Waals surface area (Å²) in [6, 6.07) is 4.23. The van der Waals surface area contributed by atoms with E-state index in [1.165, 1.54) is 6.07 Å². The Morgan fingerprint density at radius 1 is 1.28 bits per heavy atom. The lowest BCUT2D eigenvalue weighted by Gasteiger charge is -2.32. The fraction of sp³-hybridized carbons (Fsp3) is 0.333. The summed E-state index contributed by atoms with van der Waals surface area (Å²) in [5.74, 6) is -1.68. The Balaban J connectivity index is 1.71. The molecule has 0 radical (unpaired) electrons. The molecular weight excluding hydrogens is 467 g/mol. The zero-order chi connectivity index (χ0) is 25.0. The summed E-state index contributed by atoms with van der Waals surface area (Å²) < 4.78 is 24.4. The molecule has 11 nitrogen and oxygen atoms in total. The van der Waals surface area contributed by atoms with Gasteiger partial charge in [0.05, 0.1) is 28.6 Å². The highest BCUT2D eigenvalue weighted by Crippen LogP contribution is 2.41. The van der Waals surface area contributed by atoms with Crippen molar-refractivity contribution in [1.29, 1.82) is 0 Å². The quantitative estimate of drug-likeness (QED) is 0.383. The van der Waals surface area contributed by atoms with Crippen molar-refractivity contribution in [1.82, 2.24) is 39.7 Å². The third-order valence-corrected chi connectivity index (χ3v) is 6.87. The average molecular weight is 490 g/mol. The number of ether oxygens (including phenoxy) is 1. The molecule has 0 aromatic carbocycles. The van der Waals surface area contributed by atoms with Gasteiger partial charge in [0.2, 0.25) is 0 Å². The normalized spacial score (nSPS) is 15.6. The van der Waals surface area contributed by atoms with Crippen LogP contribution in [-0.2, 0) is 11.8 Å². The molecule has 1 atom stereocenters. The van der Waals surface area contributed by atoms with Crippen molar-refractivity contribution >= 4 is 28.0 Å². The van der Waals surface area contributed by atoms with Crippen LogP contribution in [0.25, 0.3) is 33.3 Å². The Morgan fingerprint density at radius 2 is 2.08 bits per heavy atom. The van der Waals surface area contributed by atoms with Gasteiger partial charge >= 0.3 is 5.97 Å². The first kappa shape index (κ1) is 22.3. The van der Waals surface area contributed by atoms with Gasteiger partial charge in [-0.1, -0.05) is 5.21 Å². The summed E-state index contributed by atoms with van der Waals surface area (Å²) in [6.07, 6.45) is 4.58. The molecule has 5 aromatic rings. The minimum Gasteiger partial charge on any atom is -0.476 e. The minimum absolute atomic E-state index is 0.0535. The predicted octanol–water partition coefficient (Wildman–Crippen LogP) is 3.26. The molecule has 0 saturated carbocycles. The maximum absolute atomic E-state index is 15.3. The van der Waals surface area contributed by atoms with Gasteiger partial charge < -0.3 is 14.4 Å². The van der Waals surface area contributed by atoms with Crippen LogP contribution in [0.3, 0.4) is 0 Å². The molecule has 0 spiro atoms. The number of carboxylic acids is 1. The lowest BCUT2D eigenvalue weighted by molar-refractivity contribution is 0.0541. The Hall–Kier alpha value is -4.19. The molecule has 0 amide bonds. The second-order valence-electron chi connectivity index (χ2n) is 8.97. The first-order valence-electron chi connectivity index (χ1n) is 11.6. The summed E-state index contributed by atoms with van der Waals surface area (Å²) >= 11 is 0. The molecule has 2 N–H and O–H groups in total. The summed E-state index contributed by atoms with van der Waals surface area (Å²) in [4.78, 5) is 21.3. The largest absolute Gasteiger partial charge is 0.476 e. The number of aromatic nitrogens is 8. The van der Waals surface area contributed by atoms with Crippen LogP contribution < -0.4 is 0 Å². The molecule has 5 aromatic heterocycles. The number of hydrogen-bond acceptors (Lipinski definition) is 7. The van der Waals surface area contributed by atoms with E-state index in [2.05, 4.69) is 30.5 Å². The molecule has 1 saturated heterocycles. The number of aromatic amines is 1. The van der Waals surface area contributed by atoms with E-state index >= 15 is 4.39 Å². The lowest BCUT2D eigenvalue weighted by Crippen LogP contribution is -2.28. The molecule has 1 aliphatic rings. The van der Waals surface area contributed by atoms with Crippen LogP contribution in [0.5, 0.6) is 0 Å². The second kappa shape index (κ2) is 8.48. The number of nitrogens with zero attached hydrogens (tertiary/aromatic N) is 7. The second-order valence-corrected chi connectivity index (χ2v) is 8.97. The van der Waals surface area contributed by atoms with Crippen molar-refractivity contribution in [3.05, 3.63) is 53.5 Å². The average Bonchev–Trinajstić information content (AvgIpc) is 3.54. The number of pyridine rings is 2. The van der Waals surface area contributed by atoms with Gasteiger partial charge in [-0.25, -0.2) is 13.9 Å². The van der Waals surface area contributed by atoms with Gasteiger partial charge in [-0.15, -0.1) is 5.10 Å². The van der Waals surface area contributed by atoms with Gasteiger partial charge in [-0.2, -0.15) is 5.10 Å². The molecule has 1 aliphatic heterocycles. The monoisotopic (exact) mass is 490 g/mol. The third-order valence-electron chi connectivity index (χ3n) is 6.87. The Labute approximate surface area is 203 Å². The van der Waals surface area contributed by atoms with Crippen molar-refractivity contribution in [2.75, 3.05) is 13.2 Å². The van der Waals surface area contributed by atoms with Crippen LogP contribution in [0.15, 0.2) is 30.6 Å². The van der Waals surface area contributed by atoms with Crippen LogP contribution in [0, 0.1) is 18.7 Å². The fourth-order valence-electron chi connectivity index (χ4n) is 5.30. The third kappa shape index (κ3) is 3.36. The molecule has 0 bridgehead atoms. The molecule has 6 heterocycles. The van der Waals surface area contributed by atoms with Gasteiger partial charge in [0, 0.05) is 38.2 Å². The van der Waals surface area contributed by atoms with Crippen molar-refractivity contribution in [2.24, 2.45) is 13.0 Å². The maximum atomic E-state index is 15.3. The van der Waals surface area contributed by atoms with Crippen molar-refractivity contribution in [2.45, 2.75) is 25.8 Å². The molecule has 1 unspecified atom stereocenters. The van der Waals surface area contributed by atoms with Gasteiger partial charge in [-0.05, 0) is 43.9 Å². The SMILES string of the molecule is Cc1nnn(C)c1-c1cnc2c3n[nH]c(C(=O)O)c3n(C(c3ncccc3F)C3CCOCC3)c2c1. The number of H-pyrrole nitrogens is 1. The molecule has 6 rings (SSSR count). The minimum atomic E-state index is -1.17. The maximum Gasteiger partial charge on any atom is 0.356 e. The predicted molar refractivity (Wildman–Crippen MR) is 127 cm³/mol. The summed E-state index contributed by atoms with van der Waals surface area (Å²) in [5.41, 5.74) is 4.31. The number of hydrogen-bond donors (Lipinski definition) is 2. The van der Waals surface area contributed by atoms with Crippen LogP contribution in [-0.4, -0.2) is 64.0 Å². The first-order valence-corrected chi connectivity index (χ1v) is 11.6. The molecule has 1 fully saturated rings. The topological polar surface area (TPSA) is 137 Å². The number of carboxylic acid groups (broad SMARTS) is 1. The van der Waals surface area contributed by atoms with Crippen LogP contribution in [0.1, 0.15) is 40.8 Å². The van der Waals surface area contributed by atoms with Gasteiger partial charge in [0.15, 0.2) is 5.69 Å². The van der Waals surface area contributed by atoms with Gasteiger partial charge in [0.1, 0.15) is 22.4 Å². The van der Waals surface area contributed by atoms with E-state index in [4.69, 9.17) is 4.74 Å². The van der Waals surface area contributed by atoms with Crippen molar-refractivity contribution in [3.63, 3.8) is 0 Å². The number of rotatable bonds is 5. The fourth-order valence-corrected chi connectivity index (χ4v) is 5.30. The van der Waals surface area contributed by atoms with Gasteiger partial charge in [0.25, 0.3) is 0 Å². The summed E-state index contributed by atoms with van der Waals surface area (Å²) in [5, 5.41) is 25.2. The number of halogens is 1. The van der Waals surface area contributed by atoms with Crippen molar-refractivity contribution < 1.29 is 19.0 Å². The van der Waals surface area contributed by atoms with E-state index in [0.29, 0.717) is 48.1 Å². The standard InChI is InChI=1S/C24H23FN8O3/c1-12-21(32(2)31-28-12)14-10-16-18(27-11-14)19-23(20(24(34)35)30-29-19)33(16)22(13-5-8-36-9-6-13)17-15(25)4-3-7-26-17/h3-4,7,10-11,13,22H,5-6,8-9H2,1-2H3,(H,29,30)(H,34,35). The summed E-state index contributed by atoms with van der Waals surface area (Å²) in [7, 11) is 1.79. The van der Waals surface area contributed by atoms with Crippen molar-refractivity contribution in [3.8, 4) is 11.3 Å². The zero-order valence-electron chi connectivity index (χ0n) is 19.6. The molecule has 184 valence electrons. The van der Waals surface area contributed by atoms with Crippen LogP contribution >= 0.6 is 0 Å². The lowest BCUT2D eigenvalue weighted by atomic mass is 9.88. The van der Waals surface area contributed by atoms with Gasteiger partial charge in [-0.3, -0.25) is 15.1 Å². The highest BCUT2D eigenvalue weighted by atomic mass is 19.1. The van der Waals surface area contributed by atoms with E-state index in [1.807, 2.05) is 17.6 Å². The van der Waals surface area contributed by atoms with Crippen LogP contribution in [0.4, 0.5) is 4.39 Å². The summed E-state index contributed by atoms with van der Waals surface area (Å²) in [6.45, 7) is 2.91. The number of fused-ring (bicyclic) bond motifs is 3. The molecule has 36 heavy (non-hydrogen) atoms. The van der Waals surface area contributed by atoms with E-state index < -0.39 is 17.8 Å². The van der Waals surface area contributed by atoms with E-state index in [-0.39, 0.29) is 17.3 Å². The first-order chi connectivity index (χ1) is 17.5.